The van der Waals surface area contributed by atoms with Crippen molar-refractivity contribution >= 4 is 17.4 Å². The molecule has 1 fully saturated rings. The third kappa shape index (κ3) is 2.67. The maximum Gasteiger partial charge on any atom is 0.222 e. The maximum absolute atomic E-state index is 11.5. The molecule has 17 heavy (non-hydrogen) atoms. The number of nitrogens with one attached hydrogen (secondary N) is 1. The van der Waals surface area contributed by atoms with Gasteiger partial charge in [0.05, 0.1) is 11.9 Å². The Morgan fingerprint density at radius 2 is 2.18 bits per heavy atom. The van der Waals surface area contributed by atoms with E-state index in [1.54, 1.807) is 13.2 Å². The van der Waals surface area contributed by atoms with Gasteiger partial charge in [0.1, 0.15) is 5.82 Å². The van der Waals surface area contributed by atoms with Gasteiger partial charge in [-0.3, -0.25) is 4.79 Å². The van der Waals surface area contributed by atoms with Gasteiger partial charge in [0, 0.05) is 26.1 Å². The zero-order valence-electron chi connectivity index (χ0n) is 10.0. The number of nitrogen functional groups attached to an aromatic ring is 1. The summed E-state index contributed by atoms with van der Waals surface area (Å²) in [6, 6.07) is 3.78. The first kappa shape index (κ1) is 11.7. The normalized spacial score (nSPS) is 16.9. The molecule has 0 atom stereocenters. The first-order valence-electron chi connectivity index (χ1n) is 5.89. The van der Waals surface area contributed by atoms with Crippen LogP contribution in [0.5, 0.6) is 0 Å². The van der Waals surface area contributed by atoms with Gasteiger partial charge in [-0.1, -0.05) is 0 Å². The molecule has 0 aromatic carbocycles. The molecule has 1 aliphatic rings. The molecule has 0 unspecified atom stereocenters. The van der Waals surface area contributed by atoms with Gasteiger partial charge in [0.2, 0.25) is 5.91 Å². The first-order chi connectivity index (χ1) is 8.20. The molecule has 92 valence electrons. The summed E-state index contributed by atoms with van der Waals surface area (Å²) in [5, 5.41) is 2.71. The Morgan fingerprint density at radius 3 is 2.71 bits per heavy atom. The van der Waals surface area contributed by atoms with Crippen molar-refractivity contribution in [2.75, 3.05) is 30.8 Å². The summed E-state index contributed by atoms with van der Waals surface area (Å²) in [4.78, 5) is 18.0. The van der Waals surface area contributed by atoms with Crippen molar-refractivity contribution in [1.82, 2.24) is 10.3 Å². The number of hydrogen-bond acceptors (Lipinski definition) is 4. The molecule has 1 aromatic heterocycles. The second kappa shape index (κ2) is 5.03. The van der Waals surface area contributed by atoms with Crippen molar-refractivity contribution in [3.05, 3.63) is 18.3 Å². The number of amides is 1. The van der Waals surface area contributed by atoms with Gasteiger partial charge in [-0.05, 0) is 25.0 Å². The van der Waals surface area contributed by atoms with Crippen molar-refractivity contribution < 1.29 is 4.79 Å². The molecule has 0 saturated carbocycles. The van der Waals surface area contributed by atoms with E-state index in [1.165, 1.54) is 0 Å². The number of nitrogens with zero attached hydrogens (tertiary/aromatic N) is 2. The highest BCUT2D eigenvalue weighted by molar-refractivity contribution is 5.78. The second-order valence-electron chi connectivity index (χ2n) is 4.33. The van der Waals surface area contributed by atoms with Crippen LogP contribution in [0.15, 0.2) is 18.3 Å². The molecule has 0 radical (unpaired) electrons. The summed E-state index contributed by atoms with van der Waals surface area (Å²) in [5.41, 5.74) is 6.28. The van der Waals surface area contributed by atoms with Gasteiger partial charge in [-0.25, -0.2) is 4.98 Å². The number of piperidine rings is 1. The van der Waals surface area contributed by atoms with Crippen LogP contribution in [0.3, 0.4) is 0 Å². The molecule has 3 N–H and O–H groups in total. The van der Waals surface area contributed by atoms with Crippen LogP contribution in [0, 0.1) is 5.92 Å². The van der Waals surface area contributed by atoms with E-state index in [4.69, 9.17) is 5.73 Å². The molecule has 1 amide bonds. The van der Waals surface area contributed by atoms with Crippen LogP contribution in [0.4, 0.5) is 11.5 Å². The van der Waals surface area contributed by atoms with Gasteiger partial charge < -0.3 is 16.0 Å². The molecule has 5 nitrogen and oxygen atoms in total. The number of carbonyl (C=O) groups is 1. The minimum atomic E-state index is 0.144. The quantitative estimate of drug-likeness (QED) is 0.787. The topological polar surface area (TPSA) is 71.2 Å². The summed E-state index contributed by atoms with van der Waals surface area (Å²) >= 11 is 0. The van der Waals surface area contributed by atoms with Crippen LogP contribution in [0.25, 0.3) is 0 Å². The fourth-order valence-corrected chi connectivity index (χ4v) is 2.16. The number of aromatic nitrogens is 1. The fraction of sp³-hybridized carbons (Fsp3) is 0.500. The highest BCUT2D eigenvalue weighted by atomic mass is 16.1. The van der Waals surface area contributed by atoms with E-state index >= 15 is 0 Å². The lowest BCUT2D eigenvalue weighted by atomic mass is 9.96. The van der Waals surface area contributed by atoms with E-state index in [2.05, 4.69) is 15.2 Å². The number of pyridine rings is 1. The minimum Gasteiger partial charge on any atom is -0.397 e. The smallest absolute Gasteiger partial charge is 0.222 e. The van der Waals surface area contributed by atoms with E-state index in [9.17, 15) is 4.79 Å². The van der Waals surface area contributed by atoms with E-state index in [0.29, 0.717) is 5.69 Å². The van der Waals surface area contributed by atoms with Crippen LogP contribution in [0.1, 0.15) is 12.8 Å². The van der Waals surface area contributed by atoms with Crippen molar-refractivity contribution in [1.29, 1.82) is 0 Å². The van der Waals surface area contributed by atoms with E-state index in [1.807, 2.05) is 12.1 Å². The lowest BCUT2D eigenvalue weighted by Crippen LogP contribution is -2.39. The monoisotopic (exact) mass is 234 g/mol. The summed E-state index contributed by atoms with van der Waals surface area (Å²) in [5.74, 6) is 1.23. The Hall–Kier alpha value is -1.78. The van der Waals surface area contributed by atoms with Gasteiger partial charge in [-0.2, -0.15) is 0 Å². The third-order valence-corrected chi connectivity index (χ3v) is 3.21. The molecule has 0 bridgehead atoms. The van der Waals surface area contributed by atoms with E-state index in [0.717, 1.165) is 31.7 Å². The zero-order chi connectivity index (χ0) is 12.3. The Balaban J connectivity index is 1.95. The second-order valence-corrected chi connectivity index (χ2v) is 4.33. The molecular weight excluding hydrogens is 216 g/mol. The Kier molecular flexibility index (Phi) is 3.46. The minimum absolute atomic E-state index is 0.144. The first-order valence-corrected chi connectivity index (χ1v) is 5.89. The van der Waals surface area contributed by atoms with Crippen molar-refractivity contribution in [3.63, 3.8) is 0 Å². The standard InChI is InChI=1S/C12H18N4O/c1-14-12(17)9-4-6-16(7-5-9)11-3-2-10(13)8-15-11/h2-3,8-9H,4-7,13H2,1H3,(H,14,17). The average molecular weight is 234 g/mol. The Bertz CT molecular complexity index is 382. The van der Waals surface area contributed by atoms with Crippen molar-refractivity contribution in [2.24, 2.45) is 5.92 Å². The molecule has 5 heteroatoms. The fourth-order valence-electron chi connectivity index (χ4n) is 2.16. The average Bonchev–Trinajstić information content (AvgIpc) is 2.39. The van der Waals surface area contributed by atoms with Gasteiger partial charge in [-0.15, -0.1) is 0 Å². The third-order valence-electron chi connectivity index (χ3n) is 3.21. The highest BCUT2D eigenvalue weighted by Crippen LogP contribution is 2.22. The van der Waals surface area contributed by atoms with Gasteiger partial charge in [0.15, 0.2) is 0 Å². The number of rotatable bonds is 2. The molecule has 1 aromatic rings. The van der Waals surface area contributed by atoms with E-state index < -0.39 is 0 Å². The molecule has 1 aliphatic heterocycles. The Morgan fingerprint density at radius 1 is 1.47 bits per heavy atom. The van der Waals surface area contributed by atoms with Crippen LogP contribution in [0.2, 0.25) is 0 Å². The van der Waals surface area contributed by atoms with Crippen LogP contribution in [-0.2, 0) is 4.79 Å². The van der Waals surface area contributed by atoms with Crippen molar-refractivity contribution in [3.8, 4) is 0 Å². The lowest BCUT2D eigenvalue weighted by molar-refractivity contribution is -0.125. The van der Waals surface area contributed by atoms with E-state index in [-0.39, 0.29) is 11.8 Å². The Labute approximate surface area is 101 Å². The van der Waals surface area contributed by atoms with Crippen LogP contribution >= 0.6 is 0 Å². The number of carbonyl (C=O) groups excluding carboxylic acids is 1. The van der Waals surface area contributed by atoms with Crippen molar-refractivity contribution in [2.45, 2.75) is 12.8 Å². The molecule has 2 rings (SSSR count). The summed E-state index contributed by atoms with van der Waals surface area (Å²) < 4.78 is 0. The molecule has 0 aliphatic carbocycles. The molecule has 0 spiro atoms. The van der Waals surface area contributed by atoms with Crippen LogP contribution in [-0.4, -0.2) is 31.0 Å². The van der Waals surface area contributed by atoms with Gasteiger partial charge >= 0.3 is 0 Å². The molecule has 1 saturated heterocycles. The van der Waals surface area contributed by atoms with Gasteiger partial charge in [0.25, 0.3) is 0 Å². The number of anilines is 2. The predicted molar refractivity (Wildman–Crippen MR) is 67.7 cm³/mol. The van der Waals surface area contributed by atoms with Crippen LogP contribution < -0.4 is 16.0 Å². The highest BCUT2D eigenvalue weighted by Gasteiger charge is 2.24. The summed E-state index contributed by atoms with van der Waals surface area (Å²) in [6.45, 7) is 1.74. The number of hydrogen-bond donors (Lipinski definition) is 2. The molecule has 2 heterocycles. The SMILES string of the molecule is CNC(=O)C1CCN(c2ccc(N)cn2)CC1. The summed E-state index contributed by atoms with van der Waals surface area (Å²) in [6.07, 6.45) is 3.43. The predicted octanol–water partition coefficient (Wildman–Crippen LogP) is 0.626. The largest absolute Gasteiger partial charge is 0.397 e. The lowest BCUT2D eigenvalue weighted by Gasteiger charge is -2.31. The molecular formula is C12H18N4O. The summed E-state index contributed by atoms with van der Waals surface area (Å²) in [7, 11) is 1.69. The number of nitrogens with two attached hydrogens (primary N) is 1. The zero-order valence-corrected chi connectivity index (χ0v) is 10.0. The maximum atomic E-state index is 11.5.